The molecule has 0 aromatic heterocycles. The predicted molar refractivity (Wildman–Crippen MR) is 113 cm³/mol. The summed E-state index contributed by atoms with van der Waals surface area (Å²) in [7, 11) is 1.33. The average Bonchev–Trinajstić information content (AvgIpc) is 2.73. The predicted octanol–water partition coefficient (Wildman–Crippen LogP) is 4.96. The Morgan fingerprint density at radius 2 is 1.93 bits per heavy atom. The smallest absolute Gasteiger partial charge is 0.341 e. The van der Waals surface area contributed by atoms with Crippen LogP contribution in [0.15, 0.2) is 18.2 Å². The van der Waals surface area contributed by atoms with Crippen LogP contribution in [0.3, 0.4) is 0 Å². The molecule has 1 atom stereocenters. The van der Waals surface area contributed by atoms with Crippen molar-refractivity contribution in [3.63, 3.8) is 0 Å². The van der Waals surface area contributed by atoms with E-state index in [1.54, 1.807) is 18.2 Å². The fraction of sp³-hybridized carbons (Fsp3) is 0.652. The third-order valence-corrected chi connectivity index (χ3v) is 5.62. The van der Waals surface area contributed by atoms with Crippen LogP contribution in [0.1, 0.15) is 76.6 Å². The Hall–Kier alpha value is -2.08. The highest BCUT2D eigenvalue weighted by Gasteiger charge is 2.42. The molecule has 1 unspecified atom stereocenters. The summed E-state index contributed by atoms with van der Waals surface area (Å²) in [6, 6.07) is 5.07. The number of benzene rings is 1. The van der Waals surface area contributed by atoms with Gasteiger partial charge in [-0.2, -0.15) is 0 Å². The van der Waals surface area contributed by atoms with E-state index in [0.717, 1.165) is 25.7 Å². The van der Waals surface area contributed by atoms with Gasteiger partial charge in [0.05, 0.1) is 13.2 Å². The molecule has 1 saturated carbocycles. The van der Waals surface area contributed by atoms with Crippen LogP contribution in [0.4, 0.5) is 5.69 Å². The minimum absolute atomic E-state index is 0.0335. The topological polar surface area (TPSA) is 73.9 Å². The summed E-state index contributed by atoms with van der Waals surface area (Å²) in [6.07, 6.45) is 4.98. The van der Waals surface area contributed by atoms with E-state index in [-0.39, 0.29) is 12.0 Å². The molecule has 0 spiro atoms. The fourth-order valence-electron chi connectivity index (χ4n) is 3.49. The van der Waals surface area contributed by atoms with Gasteiger partial charge in [-0.05, 0) is 69.6 Å². The van der Waals surface area contributed by atoms with E-state index < -0.39 is 11.6 Å². The number of hydrogen-bond donors (Lipinski definition) is 1. The van der Waals surface area contributed by atoms with Gasteiger partial charge < -0.3 is 19.5 Å². The van der Waals surface area contributed by atoms with Gasteiger partial charge in [-0.25, -0.2) is 4.79 Å². The highest BCUT2D eigenvalue weighted by molar-refractivity contribution is 5.99. The van der Waals surface area contributed by atoms with Crippen molar-refractivity contribution in [3.8, 4) is 5.75 Å². The minimum atomic E-state index is -0.806. The van der Waals surface area contributed by atoms with Crippen LogP contribution in [-0.4, -0.2) is 37.3 Å². The Morgan fingerprint density at radius 1 is 1.24 bits per heavy atom. The van der Waals surface area contributed by atoms with E-state index in [2.05, 4.69) is 12.2 Å². The number of hydrogen-bond acceptors (Lipinski definition) is 5. The van der Waals surface area contributed by atoms with E-state index in [1.165, 1.54) is 7.11 Å². The highest BCUT2D eigenvalue weighted by atomic mass is 16.5. The van der Waals surface area contributed by atoms with Crippen molar-refractivity contribution in [3.05, 3.63) is 23.8 Å². The van der Waals surface area contributed by atoms with Gasteiger partial charge in [0.2, 0.25) is 0 Å². The van der Waals surface area contributed by atoms with Gasteiger partial charge in [-0.3, -0.25) is 4.79 Å². The molecule has 6 nitrogen and oxygen atoms in total. The number of esters is 1. The molecule has 0 radical (unpaired) electrons. The zero-order chi connectivity index (χ0) is 21.4. The van der Waals surface area contributed by atoms with Crippen LogP contribution >= 0.6 is 0 Å². The molecule has 0 aliphatic heterocycles. The number of nitrogens with one attached hydrogen (secondary N) is 1. The molecule has 1 aromatic rings. The maximum atomic E-state index is 13.2. The average molecular weight is 406 g/mol. The summed E-state index contributed by atoms with van der Waals surface area (Å²) in [5.41, 5.74) is 0.0243. The molecule has 1 N–H and O–H groups in total. The first-order valence-electron chi connectivity index (χ1n) is 10.7. The van der Waals surface area contributed by atoms with E-state index in [1.807, 2.05) is 20.8 Å². The van der Waals surface area contributed by atoms with E-state index in [4.69, 9.17) is 14.2 Å². The number of ether oxygens (including phenoxy) is 3. The van der Waals surface area contributed by atoms with Crippen molar-refractivity contribution >= 4 is 17.6 Å². The molecule has 1 fully saturated rings. The lowest BCUT2D eigenvalue weighted by Crippen LogP contribution is -2.48. The van der Waals surface area contributed by atoms with Gasteiger partial charge in [0.1, 0.15) is 16.9 Å². The molecule has 162 valence electrons. The van der Waals surface area contributed by atoms with Crippen molar-refractivity contribution in [2.45, 2.75) is 77.9 Å². The second-order valence-electron chi connectivity index (χ2n) is 8.02. The lowest BCUT2D eigenvalue weighted by molar-refractivity contribution is -0.147. The van der Waals surface area contributed by atoms with Gasteiger partial charge in [-0.1, -0.05) is 20.8 Å². The van der Waals surface area contributed by atoms with Crippen LogP contribution in [0.2, 0.25) is 0 Å². The molecule has 6 heteroatoms. The van der Waals surface area contributed by atoms with Gasteiger partial charge in [-0.15, -0.1) is 0 Å². The fourth-order valence-corrected chi connectivity index (χ4v) is 3.49. The third-order valence-electron chi connectivity index (χ3n) is 5.62. The summed E-state index contributed by atoms with van der Waals surface area (Å²) in [4.78, 5) is 25.4. The van der Waals surface area contributed by atoms with E-state index >= 15 is 0 Å². The lowest BCUT2D eigenvalue weighted by atomic mass is 9.78. The number of anilines is 1. The molecule has 0 heterocycles. The Kier molecular flexibility index (Phi) is 8.50. The van der Waals surface area contributed by atoms with Crippen molar-refractivity contribution in [1.29, 1.82) is 0 Å². The second-order valence-corrected chi connectivity index (χ2v) is 8.02. The standard InChI is InChI=1S/C23H35NO5/c1-6-14-28-23(12-10-16(3)11-13-23)22(26)24-18-8-9-20(29-17(4)7-2)19(15-18)21(25)27-5/h8-9,15-17H,6-7,10-14H2,1-5H3,(H,24,26). The van der Waals surface area contributed by atoms with E-state index in [0.29, 0.717) is 42.4 Å². The Labute approximate surface area is 174 Å². The van der Waals surface area contributed by atoms with Crippen LogP contribution in [0, 0.1) is 5.92 Å². The first-order valence-corrected chi connectivity index (χ1v) is 10.7. The van der Waals surface area contributed by atoms with E-state index in [9.17, 15) is 9.59 Å². The van der Waals surface area contributed by atoms with Gasteiger partial charge in [0.15, 0.2) is 0 Å². The van der Waals surface area contributed by atoms with Gasteiger partial charge in [0, 0.05) is 12.3 Å². The molecular formula is C23H35NO5. The first-order chi connectivity index (χ1) is 13.8. The monoisotopic (exact) mass is 405 g/mol. The molecule has 1 aliphatic carbocycles. The minimum Gasteiger partial charge on any atom is -0.490 e. The van der Waals surface area contributed by atoms with Crippen molar-refractivity contribution < 1.29 is 23.8 Å². The first kappa shape index (κ1) is 23.2. The Morgan fingerprint density at radius 3 is 2.52 bits per heavy atom. The Bertz CT molecular complexity index is 689. The second kappa shape index (κ2) is 10.6. The SMILES string of the molecule is CCCOC1(C(=O)Nc2ccc(OC(C)CC)c(C(=O)OC)c2)CCC(C)CC1. The summed E-state index contributed by atoms with van der Waals surface area (Å²) < 4.78 is 16.8. The summed E-state index contributed by atoms with van der Waals surface area (Å²) >= 11 is 0. The highest BCUT2D eigenvalue weighted by Crippen LogP contribution is 2.36. The van der Waals surface area contributed by atoms with Crippen LogP contribution in [0.25, 0.3) is 0 Å². The maximum absolute atomic E-state index is 13.2. The quantitative estimate of drug-likeness (QED) is 0.588. The van der Waals surface area contributed by atoms with Crippen LogP contribution < -0.4 is 10.1 Å². The summed E-state index contributed by atoms with van der Waals surface area (Å²) in [6.45, 7) is 8.75. The zero-order valence-electron chi connectivity index (χ0n) is 18.4. The molecule has 1 aromatic carbocycles. The summed E-state index contributed by atoms with van der Waals surface area (Å²) in [5, 5.41) is 2.96. The molecule has 1 aliphatic rings. The number of methoxy groups -OCH3 is 1. The molecule has 0 saturated heterocycles. The maximum Gasteiger partial charge on any atom is 0.341 e. The van der Waals surface area contributed by atoms with Crippen molar-refractivity contribution in [2.24, 2.45) is 5.92 Å². The normalized spacial score (nSPS) is 22.6. The number of carbonyl (C=O) groups excluding carboxylic acids is 2. The lowest BCUT2D eigenvalue weighted by Gasteiger charge is -2.38. The number of rotatable bonds is 9. The largest absolute Gasteiger partial charge is 0.490 e. The van der Waals surface area contributed by atoms with Crippen molar-refractivity contribution in [2.75, 3.05) is 19.0 Å². The van der Waals surface area contributed by atoms with Crippen LogP contribution in [-0.2, 0) is 14.3 Å². The molecule has 2 rings (SSSR count). The van der Waals surface area contributed by atoms with Gasteiger partial charge >= 0.3 is 5.97 Å². The summed E-state index contributed by atoms with van der Waals surface area (Å²) in [5.74, 6) is 0.406. The molecule has 29 heavy (non-hydrogen) atoms. The zero-order valence-corrected chi connectivity index (χ0v) is 18.4. The number of amides is 1. The number of carbonyl (C=O) groups is 2. The van der Waals surface area contributed by atoms with Crippen LogP contribution in [0.5, 0.6) is 5.75 Å². The van der Waals surface area contributed by atoms with Crippen molar-refractivity contribution in [1.82, 2.24) is 0 Å². The third kappa shape index (κ3) is 5.95. The molecular weight excluding hydrogens is 370 g/mol. The molecule has 1 amide bonds. The Balaban J connectivity index is 2.24. The van der Waals surface area contributed by atoms with Gasteiger partial charge in [0.25, 0.3) is 5.91 Å². The molecule has 0 bridgehead atoms.